The summed E-state index contributed by atoms with van der Waals surface area (Å²) < 4.78 is 38.1. The van der Waals surface area contributed by atoms with Crippen molar-refractivity contribution >= 4 is 17.4 Å². The Bertz CT molecular complexity index is 1020. The van der Waals surface area contributed by atoms with Gasteiger partial charge in [-0.1, -0.05) is 30.3 Å². The van der Waals surface area contributed by atoms with E-state index < -0.39 is 11.7 Å². The van der Waals surface area contributed by atoms with Gasteiger partial charge in [0.2, 0.25) is 5.91 Å². The molecule has 0 radical (unpaired) electrons. The highest BCUT2D eigenvalue weighted by Gasteiger charge is 2.30. The molecule has 1 N–H and O–H groups in total. The van der Waals surface area contributed by atoms with E-state index in [1.54, 1.807) is 0 Å². The molecule has 3 aromatic rings. The molecular formula is C23H21F3N4O. The fraction of sp³-hybridized carbons (Fsp3) is 0.261. The van der Waals surface area contributed by atoms with Crippen molar-refractivity contribution < 1.29 is 18.0 Å². The molecule has 5 nitrogen and oxygen atoms in total. The summed E-state index contributed by atoms with van der Waals surface area (Å²) in [5, 5.41) is 11.4. The zero-order chi connectivity index (χ0) is 21.8. The van der Waals surface area contributed by atoms with E-state index in [9.17, 15) is 18.0 Å². The zero-order valence-corrected chi connectivity index (χ0v) is 16.6. The lowest BCUT2D eigenvalue weighted by Crippen LogP contribution is -2.41. The summed E-state index contributed by atoms with van der Waals surface area (Å²) in [5.41, 5.74) is 1.36. The van der Waals surface area contributed by atoms with Gasteiger partial charge in [-0.05, 0) is 49.2 Å². The third-order valence-electron chi connectivity index (χ3n) is 5.32. The molecule has 1 aliphatic rings. The number of carbonyl (C=O) groups excluding carboxylic acids is 1. The van der Waals surface area contributed by atoms with Crippen LogP contribution in [0.4, 0.5) is 24.7 Å². The highest BCUT2D eigenvalue weighted by molar-refractivity contribution is 5.93. The number of carbonyl (C=O) groups is 1. The maximum Gasteiger partial charge on any atom is 0.416 e. The second-order valence-electron chi connectivity index (χ2n) is 7.49. The fourth-order valence-corrected chi connectivity index (χ4v) is 3.64. The first-order chi connectivity index (χ1) is 14.9. The number of halogens is 3. The fourth-order valence-electron chi connectivity index (χ4n) is 3.64. The van der Waals surface area contributed by atoms with Gasteiger partial charge in [-0.2, -0.15) is 13.2 Å². The van der Waals surface area contributed by atoms with E-state index in [-0.39, 0.29) is 11.8 Å². The third kappa shape index (κ3) is 5.02. The lowest BCUT2D eigenvalue weighted by molar-refractivity contribution is -0.137. The molecule has 2 aromatic carbocycles. The van der Waals surface area contributed by atoms with Crippen LogP contribution in [-0.2, 0) is 11.0 Å². The number of alkyl halides is 3. The van der Waals surface area contributed by atoms with Crippen LogP contribution in [0.15, 0.2) is 66.7 Å². The van der Waals surface area contributed by atoms with Gasteiger partial charge in [0, 0.05) is 24.3 Å². The summed E-state index contributed by atoms with van der Waals surface area (Å²) >= 11 is 0. The molecule has 1 aliphatic heterocycles. The van der Waals surface area contributed by atoms with E-state index in [4.69, 9.17) is 0 Å². The summed E-state index contributed by atoms with van der Waals surface area (Å²) in [6.45, 7) is 1.25. The highest BCUT2D eigenvalue weighted by atomic mass is 19.4. The molecule has 2 heterocycles. The molecular weight excluding hydrogens is 405 g/mol. The van der Waals surface area contributed by atoms with Gasteiger partial charge in [-0.3, -0.25) is 4.79 Å². The minimum absolute atomic E-state index is 0.210. The number of hydrogen-bond acceptors (Lipinski definition) is 4. The van der Waals surface area contributed by atoms with E-state index in [2.05, 4.69) is 15.5 Å². The van der Waals surface area contributed by atoms with Gasteiger partial charge in [-0.15, -0.1) is 10.2 Å². The standard InChI is InChI=1S/C23H21F3N4O/c24-23(25,26)18-8-10-19(11-9-18)27-22(31)17-7-4-14-30(15-17)21-13-12-20(28-29-21)16-5-2-1-3-6-16/h1-3,5-6,8-13,17H,4,7,14-15H2,(H,27,31). The van der Waals surface area contributed by atoms with Gasteiger partial charge in [0.05, 0.1) is 17.2 Å². The third-order valence-corrected chi connectivity index (χ3v) is 5.32. The average molecular weight is 426 g/mol. The van der Waals surface area contributed by atoms with E-state index in [1.807, 2.05) is 47.4 Å². The molecule has 1 saturated heterocycles. The highest BCUT2D eigenvalue weighted by Crippen LogP contribution is 2.30. The predicted octanol–water partition coefficient (Wildman–Crippen LogP) is 5.02. The number of piperidine rings is 1. The molecule has 4 rings (SSSR count). The second kappa shape index (κ2) is 8.75. The van der Waals surface area contributed by atoms with Crippen molar-refractivity contribution in [1.82, 2.24) is 10.2 Å². The van der Waals surface area contributed by atoms with Gasteiger partial charge < -0.3 is 10.2 Å². The van der Waals surface area contributed by atoms with Crippen LogP contribution < -0.4 is 10.2 Å². The first-order valence-electron chi connectivity index (χ1n) is 10.0. The number of rotatable bonds is 4. The number of nitrogens with zero attached hydrogens (tertiary/aromatic N) is 3. The molecule has 8 heteroatoms. The van der Waals surface area contributed by atoms with Gasteiger partial charge >= 0.3 is 6.18 Å². The summed E-state index contributed by atoms with van der Waals surface area (Å²) in [6, 6.07) is 18.0. The first kappa shape index (κ1) is 20.8. The Morgan fingerprint density at radius 2 is 1.71 bits per heavy atom. The van der Waals surface area contributed by atoms with Crippen molar-refractivity contribution in [1.29, 1.82) is 0 Å². The average Bonchev–Trinajstić information content (AvgIpc) is 2.80. The van der Waals surface area contributed by atoms with Crippen molar-refractivity contribution in [2.24, 2.45) is 5.92 Å². The molecule has 0 aliphatic carbocycles. The van der Waals surface area contributed by atoms with Gasteiger partial charge in [0.15, 0.2) is 5.82 Å². The van der Waals surface area contributed by atoms with E-state index >= 15 is 0 Å². The Morgan fingerprint density at radius 1 is 0.968 bits per heavy atom. The molecule has 0 spiro atoms. The van der Waals surface area contributed by atoms with Crippen molar-refractivity contribution in [3.63, 3.8) is 0 Å². The monoisotopic (exact) mass is 426 g/mol. The summed E-state index contributed by atoms with van der Waals surface area (Å²) in [4.78, 5) is 14.7. The number of hydrogen-bond donors (Lipinski definition) is 1. The lowest BCUT2D eigenvalue weighted by Gasteiger charge is -2.32. The largest absolute Gasteiger partial charge is 0.416 e. The molecule has 1 aromatic heterocycles. The second-order valence-corrected chi connectivity index (χ2v) is 7.49. The maximum atomic E-state index is 12.7. The molecule has 1 unspecified atom stereocenters. The molecule has 31 heavy (non-hydrogen) atoms. The molecule has 160 valence electrons. The molecule has 0 bridgehead atoms. The Balaban J connectivity index is 1.39. The Labute approximate surface area is 177 Å². The molecule has 1 atom stereocenters. The number of benzene rings is 2. The van der Waals surface area contributed by atoms with E-state index in [1.165, 1.54) is 12.1 Å². The van der Waals surface area contributed by atoms with Crippen LogP contribution in [0.25, 0.3) is 11.3 Å². The number of nitrogens with one attached hydrogen (secondary N) is 1. The van der Waals surface area contributed by atoms with Gasteiger partial charge in [0.25, 0.3) is 0 Å². The number of anilines is 2. The lowest BCUT2D eigenvalue weighted by atomic mass is 9.97. The number of aromatic nitrogens is 2. The van der Waals surface area contributed by atoms with Crippen molar-refractivity contribution in [3.05, 3.63) is 72.3 Å². The zero-order valence-electron chi connectivity index (χ0n) is 16.6. The van der Waals surface area contributed by atoms with Crippen LogP contribution in [-0.4, -0.2) is 29.2 Å². The first-order valence-corrected chi connectivity index (χ1v) is 10.0. The van der Waals surface area contributed by atoms with Crippen molar-refractivity contribution in [2.45, 2.75) is 19.0 Å². The van der Waals surface area contributed by atoms with Crippen molar-refractivity contribution in [3.8, 4) is 11.3 Å². The minimum atomic E-state index is -4.40. The van der Waals surface area contributed by atoms with E-state index in [0.29, 0.717) is 24.5 Å². The van der Waals surface area contributed by atoms with Crippen LogP contribution >= 0.6 is 0 Å². The minimum Gasteiger partial charge on any atom is -0.354 e. The summed E-state index contributed by atoms with van der Waals surface area (Å²) in [6.07, 6.45) is -2.88. The van der Waals surface area contributed by atoms with Gasteiger partial charge in [-0.25, -0.2) is 0 Å². The van der Waals surface area contributed by atoms with Crippen molar-refractivity contribution in [2.75, 3.05) is 23.3 Å². The molecule has 0 saturated carbocycles. The summed E-state index contributed by atoms with van der Waals surface area (Å²) in [7, 11) is 0. The molecule has 1 amide bonds. The SMILES string of the molecule is O=C(Nc1ccc(C(F)(F)F)cc1)C1CCCN(c2ccc(-c3ccccc3)nn2)C1. The van der Waals surface area contributed by atoms with Gasteiger partial charge in [0.1, 0.15) is 0 Å². The predicted molar refractivity (Wildman–Crippen MR) is 112 cm³/mol. The van der Waals surface area contributed by atoms with Crippen LogP contribution in [0.2, 0.25) is 0 Å². The Kier molecular flexibility index (Phi) is 5.88. The van der Waals surface area contributed by atoms with Crippen LogP contribution in [0.5, 0.6) is 0 Å². The van der Waals surface area contributed by atoms with Crippen LogP contribution in [0.1, 0.15) is 18.4 Å². The maximum absolute atomic E-state index is 12.7. The Hall–Kier alpha value is -3.42. The Morgan fingerprint density at radius 3 is 2.35 bits per heavy atom. The van der Waals surface area contributed by atoms with E-state index in [0.717, 1.165) is 36.4 Å². The van der Waals surface area contributed by atoms with Crippen LogP contribution in [0, 0.1) is 5.92 Å². The smallest absolute Gasteiger partial charge is 0.354 e. The molecule has 1 fully saturated rings. The normalized spacial score (nSPS) is 16.7. The quantitative estimate of drug-likeness (QED) is 0.637. The number of amides is 1. The topological polar surface area (TPSA) is 58.1 Å². The summed E-state index contributed by atoms with van der Waals surface area (Å²) in [5.74, 6) is 0.205. The van der Waals surface area contributed by atoms with Crippen LogP contribution in [0.3, 0.4) is 0 Å².